The van der Waals surface area contributed by atoms with Gasteiger partial charge in [0, 0.05) is 26.9 Å². The van der Waals surface area contributed by atoms with Crippen molar-refractivity contribution >= 4 is 47.5 Å². The number of ether oxygens (including phenoxy) is 1. The lowest BCUT2D eigenvalue weighted by molar-refractivity contribution is -0.146. The van der Waals surface area contributed by atoms with Crippen LogP contribution < -0.4 is 31.9 Å². The highest BCUT2D eigenvalue weighted by atomic mass is 16.5. The number of nitrogens with one attached hydrogen (secondary N) is 6. The van der Waals surface area contributed by atoms with Crippen molar-refractivity contribution < 1.29 is 58.4 Å². The highest BCUT2D eigenvalue weighted by molar-refractivity contribution is 5.96. The van der Waals surface area contributed by atoms with Crippen molar-refractivity contribution in [2.24, 2.45) is 5.92 Å². The molecule has 3 aromatic carbocycles. The van der Waals surface area contributed by atoms with Gasteiger partial charge >= 0.3 is 18.0 Å². The molecular formula is C47H61N7O12. The number of hydrogen-bond donors (Lipinski definition) is 9. The first-order valence-electron chi connectivity index (χ1n) is 21.9. The number of nitrogens with zero attached hydrogens (tertiary/aromatic N) is 1. The number of urea groups is 1. The Morgan fingerprint density at radius 2 is 1.33 bits per heavy atom. The van der Waals surface area contributed by atoms with E-state index in [0.29, 0.717) is 11.1 Å². The summed E-state index contributed by atoms with van der Waals surface area (Å²) < 4.78 is 5.14. The summed E-state index contributed by atoms with van der Waals surface area (Å²) in [5.74, 6) is -6.21. The topological polar surface area (TPSA) is 282 Å². The van der Waals surface area contributed by atoms with Gasteiger partial charge in [0.15, 0.2) is 0 Å². The zero-order chi connectivity index (χ0) is 48.3. The van der Waals surface area contributed by atoms with Gasteiger partial charge in [-0.2, -0.15) is 0 Å². The van der Waals surface area contributed by atoms with Crippen LogP contribution in [0.5, 0.6) is 11.5 Å². The first-order chi connectivity index (χ1) is 31.4. The minimum absolute atomic E-state index is 0.000309. The molecular weight excluding hydrogens is 855 g/mol. The molecule has 19 heteroatoms. The van der Waals surface area contributed by atoms with Crippen molar-refractivity contribution in [2.45, 2.75) is 108 Å². The standard InChI is InChI=1S/C47H61N7O12/c1-28(2)40-44(61)49-36(23-17-30-13-19-33(56)20-14-30)45(62)54(4)39(24-18-31-15-21-34(57)22-16-31)43(60)50-38(27-66-29(3)55)41(58)48-25-9-8-12-35(42(59)53-40)51-47(65)52-37(46(63)64)26-32-10-6-5-7-11-32/h5-7,10-11,13-16,19-22,28,35-40,56-57H,8-9,12,17-18,23-27H2,1-4H3,(H,48,58)(H,49,61)(H,50,60)(H,53,59)(H,63,64)(H2,51,52,65)/t35-,36+,37+,38-,39+,40-/m0/s1. The number of aliphatic carboxylic acids is 1. The van der Waals surface area contributed by atoms with Crippen LogP contribution in [0.3, 0.4) is 0 Å². The molecule has 19 nitrogen and oxygen atoms in total. The van der Waals surface area contributed by atoms with E-state index in [-0.39, 0.29) is 69.4 Å². The van der Waals surface area contributed by atoms with E-state index in [9.17, 15) is 53.7 Å². The fourth-order valence-corrected chi connectivity index (χ4v) is 7.28. The Labute approximate surface area is 383 Å². The van der Waals surface area contributed by atoms with E-state index >= 15 is 0 Å². The van der Waals surface area contributed by atoms with Crippen LogP contribution in [0.4, 0.5) is 4.79 Å². The molecule has 1 fully saturated rings. The second-order valence-corrected chi connectivity index (χ2v) is 16.6. The zero-order valence-electron chi connectivity index (χ0n) is 37.6. The Hall–Kier alpha value is -7.18. The number of carbonyl (C=O) groups excluding carboxylic acids is 7. The Kier molecular flexibility index (Phi) is 19.8. The lowest BCUT2D eigenvalue weighted by Crippen LogP contribution is -2.61. The molecule has 7 amide bonds. The minimum Gasteiger partial charge on any atom is -0.508 e. The SMILES string of the molecule is CC(=O)OC[C@@H]1NC(=O)[C@@H](CCc2ccc(O)cc2)N(C)C(=O)[C@@H](CCc2ccc(O)cc2)NC(=O)[C@H](C(C)C)NC(=O)[C@@H](NC(=O)N[C@H](Cc2ccccc2)C(=O)O)CCCCNC1=O. The number of esters is 1. The zero-order valence-corrected chi connectivity index (χ0v) is 37.6. The van der Waals surface area contributed by atoms with Crippen molar-refractivity contribution in [3.05, 3.63) is 95.6 Å². The third kappa shape index (κ3) is 16.4. The second-order valence-electron chi connectivity index (χ2n) is 16.6. The molecule has 0 aliphatic carbocycles. The van der Waals surface area contributed by atoms with Crippen LogP contribution in [0, 0.1) is 5.92 Å². The van der Waals surface area contributed by atoms with Crippen LogP contribution in [0.25, 0.3) is 0 Å². The minimum atomic E-state index is -1.40. The number of carboxylic acids is 1. The Morgan fingerprint density at radius 3 is 1.91 bits per heavy atom. The van der Waals surface area contributed by atoms with Crippen LogP contribution in [0.2, 0.25) is 0 Å². The molecule has 6 atom stereocenters. The van der Waals surface area contributed by atoms with Gasteiger partial charge in [0.1, 0.15) is 54.4 Å². The highest BCUT2D eigenvalue weighted by Crippen LogP contribution is 2.18. The van der Waals surface area contributed by atoms with Gasteiger partial charge in [0.2, 0.25) is 29.5 Å². The van der Waals surface area contributed by atoms with Crippen LogP contribution in [0.1, 0.15) is 69.6 Å². The molecule has 4 rings (SSSR count). The van der Waals surface area contributed by atoms with E-state index in [0.717, 1.165) is 17.4 Å². The molecule has 1 aliphatic heterocycles. The number of phenolic OH excluding ortho intramolecular Hbond substituents is 2. The molecule has 1 saturated heterocycles. The summed E-state index contributed by atoms with van der Waals surface area (Å²) in [6, 6.07) is 12.3. The van der Waals surface area contributed by atoms with Crippen LogP contribution in [-0.4, -0.2) is 124 Å². The molecule has 9 N–H and O–H groups in total. The van der Waals surface area contributed by atoms with E-state index in [1.807, 2.05) is 0 Å². The van der Waals surface area contributed by atoms with Crippen LogP contribution in [0.15, 0.2) is 78.9 Å². The largest absolute Gasteiger partial charge is 0.508 e. The summed E-state index contributed by atoms with van der Waals surface area (Å²) in [4.78, 5) is 109. The molecule has 0 spiro atoms. The number of carbonyl (C=O) groups is 8. The predicted molar refractivity (Wildman–Crippen MR) is 241 cm³/mol. The Balaban J connectivity index is 1.69. The maximum absolute atomic E-state index is 14.7. The molecule has 0 bridgehead atoms. The molecule has 1 aliphatic rings. The van der Waals surface area contributed by atoms with Gasteiger partial charge in [-0.25, -0.2) is 9.59 Å². The molecule has 3 aromatic rings. The number of aryl methyl sites for hydroxylation is 2. The number of phenols is 2. The van der Waals surface area contributed by atoms with E-state index in [1.165, 1.54) is 31.3 Å². The molecule has 0 unspecified atom stereocenters. The summed E-state index contributed by atoms with van der Waals surface area (Å²) in [5, 5.41) is 45.4. The van der Waals surface area contributed by atoms with Crippen LogP contribution >= 0.6 is 0 Å². The Bertz CT molecular complexity index is 2140. The second kappa shape index (κ2) is 25.3. The molecule has 0 saturated carbocycles. The van der Waals surface area contributed by atoms with Gasteiger partial charge in [-0.15, -0.1) is 0 Å². The molecule has 356 valence electrons. The molecule has 1 heterocycles. The summed E-state index contributed by atoms with van der Waals surface area (Å²) in [6.07, 6.45) is 0.889. The van der Waals surface area contributed by atoms with Gasteiger partial charge in [-0.3, -0.25) is 28.8 Å². The van der Waals surface area contributed by atoms with Gasteiger partial charge in [0.25, 0.3) is 0 Å². The first-order valence-corrected chi connectivity index (χ1v) is 21.9. The van der Waals surface area contributed by atoms with Crippen LogP contribution in [-0.2, 0) is 57.6 Å². The Morgan fingerprint density at radius 1 is 0.742 bits per heavy atom. The average Bonchev–Trinajstić information content (AvgIpc) is 3.28. The monoisotopic (exact) mass is 915 g/mol. The van der Waals surface area contributed by atoms with E-state index in [2.05, 4.69) is 31.9 Å². The predicted octanol–water partition coefficient (Wildman–Crippen LogP) is 1.83. The number of likely N-dealkylation sites (N-methyl/N-ethyl adjacent to an activating group) is 1. The first kappa shape index (κ1) is 51.5. The fourth-order valence-electron chi connectivity index (χ4n) is 7.28. The smallest absolute Gasteiger partial charge is 0.326 e. The molecule has 0 radical (unpaired) electrons. The summed E-state index contributed by atoms with van der Waals surface area (Å²) in [5.41, 5.74) is 2.08. The van der Waals surface area contributed by atoms with Gasteiger partial charge < -0.3 is 56.9 Å². The van der Waals surface area contributed by atoms with Crippen molar-refractivity contribution in [3.63, 3.8) is 0 Å². The van der Waals surface area contributed by atoms with Gasteiger partial charge in [-0.05, 0) is 91.8 Å². The molecule has 66 heavy (non-hydrogen) atoms. The summed E-state index contributed by atoms with van der Waals surface area (Å²) in [6.45, 7) is 3.97. The van der Waals surface area contributed by atoms with E-state index < -0.39 is 96.3 Å². The van der Waals surface area contributed by atoms with Crippen molar-refractivity contribution in [3.8, 4) is 11.5 Å². The number of benzene rings is 3. The normalized spacial score (nSPS) is 20.8. The van der Waals surface area contributed by atoms with Crippen molar-refractivity contribution in [1.82, 2.24) is 36.8 Å². The maximum atomic E-state index is 14.7. The number of rotatable bonds is 14. The fraction of sp³-hybridized carbons (Fsp3) is 0.447. The van der Waals surface area contributed by atoms with Gasteiger partial charge in [0.05, 0.1) is 0 Å². The van der Waals surface area contributed by atoms with Crippen molar-refractivity contribution in [1.29, 1.82) is 0 Å². The number of carboxylic acid groups (broad SMARTS) is 1. The lowest BCUT2D eigenvalue weighted by atomic mass is 9.98. The van der Waals surface area contributed by atoms with Crippen molar-refractivity contribution in [2.75, 3.05) is 20.2 Å². The number of amides is 7. The summed E-state index contributed by atoms with van der Waals surface area (Å²) >= 11 is 0. The van der Waals surface area contributed by atoms with Gasteiger partial charge in [-0.1, -0.05) is 68.4 Å². The molecule has 0 aromatic heterocycles. The number of hydrogen-bond acceptors (Lipinski definition) is 11. The maximum Gasteiger partial charge on any atom is 0.326 e. The third-order valence-corrected chi connectivity index (χ3v) is 11.1. The number of aromatic hydroxyl groups is 2. The average molecular weight is 916 g/mol. The third-order valence-electron chi connectivity index (χ3n) is 11.1. The lowest BCUT2D eigenvalue weighted by Gasteiger charge is -2.33. The quantitative estimate of drug-likeness (QED) is 0.105. The highest BCUT2D eigenvalue weighted by Gasteiger charge is 2.37. The summed E-state index contributed by atoms with van der Waals surface area (Å²) in [7, 11) is 1.38. The van der Waals surface area contributed by atoms with E-state index in [4.69, 9.17) is 4.74 Å². The van der Waals surface area contributed by atoms with E-state index in [1.54, 1.807) is 68.4 Å².